The lowest BCUT2D eigenvalue weighted by atomic mass is 10.1. The fourth-order valence-electron chi connectivity index (χ4n) is 0.953. The molecular weight excluding hydrogens is 214 g/mol. The first-order valence-corrected chi connectivity index (χ1v) is 4.58. The molecule has 2 heteroatoms. The maximum atomic E-state index is 5.77. The van der Waals surface area contributed by atoms with E-state index < -0.39 is 0 Å². The minimum Gasteiger partial charge on any atom is -0.321 e. The molecule has 1 aromatic rings. The first-order chi connectivity index (χ1) is 5.65. The van der Waals surface area contributed by atoms with Crippen LogP contribution in [0.25, 0.3) is 0 Å². The van der Waals surface area contributed by atoms with Crippen LogP contribution >= 0.6 is 15.9 Å². The van der Waals surface area contributed by atoms with E-state index in [1.54, 1.807) is 6.08 Å². The van der Waals surface area contributed by atoms with Crippen molar-refractivity contribution in [3.05, 3.63) is 46.5 Å². The number of hydrogen-bond donors (Lipinski definition) is 1. The van der Waals surface area contributed by atoms with Gasteiger partial charge in [-0.2, -0.15) is 0 Å². The van der Waals surface area contributed by atoms with Crippen LogP contribution in [0.5, 0.6) is 0 Å². The lowest BCUT2D eigenvalue weighted by molar-refractivity contribution is 0.912. The van der Waals surface area contributed by atoms with Crippen molar-refractivity contribution in [3.8, 4) is 0 Å². The smallest absolute Gasteiger partial charge is 0.0478 e. The zero-order valence-corrected chi connectivity index (χ0v) is 8.64. The lowest BCUT2D eigenvalue weighted by Crippen LogP contribution is -2.06. The highest BCUT2D eigenvalue weighted by Gasteiger charge is 2.02. The Balaban J connectivity index is 3.04. The quantitative estimate of drug-likeness (QED) is 0.771. The molecule has 64 valence electrons. The fourth-order valence-corrected chi connectivity index (χ4v) is 1.35. The van der Waals surface area contributed by atoms with Crippen LogP contribution in [0.15, 0.2) is 35.3 Å². The van der Waals surface area contributed by atoms with Crippen LogP contribution in [-0.4, -0.2) is 0 Å². The third kappa shape index (κ3) is 1.96. The molecule has 0 saturated carbocycles. The van der Waals surface area contributed by atoms with Crippen molar-refractivity contribution in [1.82, 2.24) is 0 Å². The number of rotatable bonds is 2. The van der Waals surface area contributed by atoms with Crippen molar-refractivity contribution in [2.75, 3.05) is 0 Å². The molecule has 1 nitrogen and oxygen atoms in total. The zero-order valence-electron chi connectivity index (χ0n) is 7.05. The largest absolute Gasteiger partial charge is 0.321 e. The van der Waals surface area contributed by atoms with Crippen LogP contribution in [0.1, 0.15) is 17.2 Å². The van der Waals surface area contributed by atoms with Gasteiger partial charge in [-0.05, 0) is 24.1 Å². The van der Waals surface area contributed by atoms with Crippen molar-refractivity contribution >= 4 is 15.9 Å². The molecule has 0 bridgehead atoms. The first kappa shape index (κ1) is 9.49. The predicted molar refractivity (Wildman–Crippen MR) is 56.0 cm³/mol. The zero-order chi connectivity index (χ0) is 9.14. The number of benzene rings is 1. The Morgan fingerprint density at radius 2 is 2.25 bits per heavy atom. The highest BCUT2D eigenvalue weighted by molar-refractivity contribution is 9.10. The normalized spacial score (nSPS) is 12.6. The Hall–Kier alpha value is -0.600. The summed E-state index contributed by atoms with van der Waals surface area (Å²) in [6.45, 7) is 5.70. The second-order valence-corrected chi connectivity index (χ2v) is 3.62. The highest BCUT2D eigenvalue weighted by atomic mass is 79.9. The summed E-state index contributed by atoms with van der Waals surface area (Å²) in [4.78, 5) is 0. The van der Waals surface area contributed by atoms with Gasteiger partial charge >= 0.3 is 0 Å². The average molecular weight is 226 g/mol. The summed E-state index contributed by atoms with van der Waals surface area (Å²) in [5.41, 5.74) is 8.08. The van der Waals surface area contributed by atoms with Crippen molar-refractivity contribution < 1.29 is 0 Å². The van der Waals surface area contributed by atoms with Crippen LogP contribution in [-0.2, 0) is 0 Å². The molecule has 0 spiro atoms. The molecule has 1 aromatic carbocycles. The van der Waals surface area contributed by atoms with Gasteiger partial charge in [0.1, 0.15) is 0 Å². The summed E-state index contributed by atoms with van der Waals surface area (Å²) in [7, 11) is 0. The van der Waals surface area contributed by atoms with E-state index in [2.05, 4.69) is 22.5 Å². The SMILES string of the molecule is C=CC(N)c1ccc(C)c(Br)c1. The molecule has 12 heavy (non-hydrogen) atoms. The van der Waals surface area contributed by atoms with E-state index in [4.69, 9.17) is 5.73 Å². The van der Waals surface area contributed by atoms with Crippen LogP contribution in [0.2, 0.25) is 0 Å². The summed E-state index contributed by atoms with van der Waals surface area (Å²) in [6.07, 6.45) is 1.73. The van der Waals surface area contributed by atoms with Gasteiger partial charge in [-0.3, -0.25) is 0 Å². The molecular formula is C10H12BrN. The third-order valence-electron chi connectivity index (χ3n) is 1.83. The molecule has 2 N–H and O–H groups in total. The maximum Gasteiger partial charge on any atom is 0.0478 e. The van der Waals surface area contributed by atoms with E-state index >= 15 is 0 Å². The second-order valence-electron chi connectivity index (χ2n) is 2.77. The van der Waals surface area contributed by atoms with Crippen molar-refractivity contribution in [2.45, 2.75) is 13.0 Å². The molecule has 0 heterocycles. The lowest BCUT2D eigenvalue weighted by Gasteiger charge is -2.07. The molecule has 0 aromatic heterocycles. The minimum absolute atomic E-state index is 0.0677. The van der Waals surface area contributed by atoms with Gasteiger partial charge < -0.3 is 5.73 Å². The monoisotopic (exact) mass is 225 g/mol. The van der Waals surface area contributed by atoms with Gasteiger partial charge in [0.25, 0.3) is 0 Å². The number of halogens is 1. The van der Waals surface area contributed by atoms with Gasteiger partial charge in [0, 0.05) is 10.5 Å². The van der Waals surface area contributed by atoms with E-state index in [1.807, 2.05) is 25.1 Å². The van der Waals surface area contributed by atoms with Gasteiger partial charge in [0.2, 0.25) is 0 Å². The predicted octanol–water partition coefficient (Wildman–Crippen LogP) is 2.94. The van der Waals surface area contributed by atoms with E-state index in [9.17, 15) is 0 Å². The summed E-state index contributed by atoms with van der Waals surface area (Å²) < 4.78 is 1.09. The van der Waals surface area contributed by atoms with E-state index in [1.165, 1.54) is 5.56 Å². The molecule has 0 fully saturated rings. The van der Waals surface area contributed by atoms with Gasteiger partial charge in [-0.1, -0.05) is 34.1 Å². The molecule has 0 aliphatic rings. The summed E-state index contributed by atoms with van der Waals surface area (Å²) in [6, 6.07) is 6.03. The van der Waals surface area contributed by atoms with Gasteiger partial charge in [0.05, 0.1) is 0 Å². The van der Waals surface area contributed by atoms with Gasteiger partial charge in [0.15, 0.2) is 0 Å². The average Bonchev–Trinajstić information content (AvgIpc) is 2.08. The van der Waals surface area contributed by atoms with Crippen molar-refractivity contribution in [3.63, 3.8) is 0 Å². The topological polar surface area (TPSA) is 26.0 Å². The fraction of sp³-hybridized carbons (Fsp3) is 0.200. The standard InChI is InChI=1S/C10H12BrN/c1-3-10(12)8-5-4-7(2)9(11)6-8/h3-6,10H,1,12H2,2H3. The summed E-state index contributed by atoms with van der Waals surface area (Å²) >= 11 is 3.45. The Morgan fingerprint density at radius 3 is 2.75 bits per heavy atom. The van der Waals surface area contributed by atoms with Crippen LogP contribution < -0.4 is 5.73 Å². The Bertz CT molecular complexity index is 294. The number of aryl methyl sites for hydroxylation is 1. The van der Waals surface area contributed by atoms with Crippen LogP contribution in [0.4, 0.5) is 0 Å². The molecule has 1 rings (SSSR count). The maximum absolute atomic E-state index is 5.77. The Morgan fingerprint density at radius 1 is 1.58 bits per heavy atom. The second kappa shape index (κ2) is 3.87. The molecule has 1 unspecified atom stereocenters. The minimum atomic E-state index is -0.0677. The van der Waals surface area contributed by atoms with Gasteiger partial charge in [-0.15, -0.1) is 6.58 Å². The summed E-state index contributed by atoms with van der Waals surface area (Å²) in [5, 5.41) is 0. The Kier molecular flexibility index (Phi) is 3.06. The number of hydrogen-bond acceptors (Lipinski definition) is 1. The van der Waals surface area contributed by atoms with Crippen molar-refractivity contribution in [1.29, 1.82) is 0 Å². The summed E-state index contributed by atoms with van der Waals surface area (Å²) in [5.74, 6) is 0. The molecule has 0 aliphatic heterocycles. The Labute approximate surface area is 81.4 Å². The first-order valence-electron chi connectivity index (χ1n) is 3.79. The van der Waals surface area contributed by atoms with Crippen molar-refractivity contribution in [2.24, 2.45) is 5.73 Å². The van der Waals surface area contributed by atoms with E-state index in [-0.39, 0.29) is 6.04 Å². The molecule has 0 saturated heterocycles. The van der Waals surface area contributed by atoms with Crippen LogP contribution in [0, 0.1) is 6.92 Å². The molecule has 1 atom stereocenters. The number of nitrogens with two attached hydrogens (primary N) is 1. The van der Waals surface area contributed by atoms with Crippen LogP contribution in [0.3, 0.4) is 0 Å². The third-order valence-corrected chi connectivity index (χ3v) is 2.69. The molecule has 0 amide bonds. The highest BCUT2D eigenvalue weighted by Crippen LogP contribution is 2.20. The molecule has 0 aliphatic carbocycles. The van der Waals surface area contributed by atoms with E-state index in [0.29, 0.717) is 0 Å². The van der Waals surface area contributed by atoms with Gasteiger partial charge in [-0.25, -0.2) is 0 Å². The molecule has 0 radical (unpaired) electrons. The van der Waals surface area contributed by atoms with E-state index in [0.717, 1.165) is 10.0 Å².